The minimum atomic E-state index is -1.08. The zero-order valence-corrected chi connectivity index (χ0v) is 19.2. The number of fused-ring (bicyclic) bond motifs is 1. The third kappa shape index (κ3) is 6.35. The predicted octanol–water partition coefficient (Wildman–Crippen LogP) is 5.15. The van der Waals surface area contributed by atoms with Gasteiger partial charge < -0.3 is 19.5 Å². The van der Waals surface area contributed by atoms with Gasteiger partial charge in [-0.2, -0.15) is 0 Å². The number of ether oxygens (including phenoxy) is 2. The summed E-state index contributed by atoms with van der Waals surface area (Å²) < 4.78 is 11.5. The number of carbonyl (C=O) groups excluding carboxylic acids is 1. The van der Waals surface area contributed by atoms with E-state index in [0.717, 1.165) is 27.5 Å². The molecule has 0 aliphatic carbocycles. The van der Waals surface area contributed by atoms with Crippen LogP contribution in [0.5, 0.6) is 11.5 Å². The van der Waals surface area contributed by atoms with Crippen molar-refractivity contribution in [2.75, 3.05) is 19.7 Å². The maximum atomic E-state index is 12.4. The third-order valence-electron chi connectivity index (χ3n) is 5.37. The molecule has 0 fully saturated rings. The van der Waals surface area contributed by atoms with Crippen LogP contribution in [-0.4, -0.2) is 41.6 Å². The van der Waals surface area contributed by atoms with E-state index in [9.17, 15) is 9.59 Å². The van der Waals surface area contributed by atoms with Crippen molar-refractivity contribution in [2.24, 2.45) is 0 Å². The van der Waals surface area contributed by atoms with Crippen molar-refractivity contribution in [3.63, 3.8) is 0 Å². The predicted molar refractivity (Wildman–Crippen MR) is 129 cm³/mol. The molecule has 3 rings (SSSR count). The molecule has 0 aliphatic heterocycles. The van der Waals surface area contributed by atoms with Gasteiger partial charge in [-0.05, 0) is 66.4 Å². The summed E-state index contributed by atoms with van der Waals surface area (Å²) in [5.41, 5.74) is 2.50. The van der Waals surface area contributed by atoms with E-state index < -0.39 is 12.6 Å². The lowest BCUT2D eigenvalue weighted by atomic mass is 10.1. The Morgan fingerprint density at radius 1 is 0.909 bits per heavy atom. The van der Waals surface area contributed by atoms with E-state index in [1.54, 1.807) is 23.1 Å². The molecule has 0 radical (unpaired) electrons. The summed E-state index contributed by atoms with van der Waals surface area (Å²) in [6.45, 7) is 6.79. The fourth-order valence-electron chi connectivity index (χ4n) is 3.51. The number of nitrogens with zero attached hydrogens (tertiary/aromatic N) is 1. The van der Waals surface area contributed by atoms with Crippen LogP contribution in [0.4, 0.5) is 0 Å². The first-order valence-electron chi connectivity index (χ1n) is 11.0. The van der Waals surface area contributed by atoms with Gasteiger partial charge in [-0.1, -0.05) is 42.5 Å². The molecule has 1 N–H and O–H groups in total. The summed E-state index contributed by atoms with van der Waals surface area (Å²) in [6, 6.07) is 19.5. The van der Waals surface area contributed by atoms with E-state index in [1.165, 1.54) is 0 Å². The van der Waals surface area contributed by atoms with E-state index in [0.29, 0.717) is 31.2 Å². The van der Waals surface area contributed by atoms with Crippen LogP contribution >= 0.6 is 0 Å². The largest absolute Gasteiger partial charge is 0.485 e. The number of carboxylic acids is 1. The van der Waals surface area contributed by atoms with Gasteiger partial charge in [-0.3, -0.25) is 4.79 Å². The third-order valence-corrected chi connectivity index (χ3v) is 5.37. The van der Waals surface area contributed by atoms with Crippen molar-refractivity contribution < 1.29 is 24.2 Å². The summed E-state index contributed by atoms with van der Waals surface area (Å²) >= 11 is 0. The standard InChI is InChI=1S/C27H29NO5/c1-4-28(5-2)26(29)14-19(3)22-12-13-24(25(16-22)33-18-27(30)31)32-17-20-10-11-21-8-6-7-9-23(21)15-20/h6-16H,4-5,17-18H2,1-3H3,(H,30,31)/b19-14+. The van der Waals surface area contributed by atoms with Gasteiger partial charge in [-0.25, -0.2) is 4.79 Å². The van der Waals surface area contributed by atoms with Crippen LogP contribution in [0.25, 0.3) is 16.3 Å². The van der Waals surface area contributed by atoms with Gasteiger partial charge in [0.05, 0.1) is 0 Å². The van der Waals surface area contributed by atoms with Gasteiger partial charge >= 0.3 is 5.97 Å². The van der Waals surface area contributed by atoms with E-state index >= 15 is 0 Å². The maximum absolute atomic E-state index is 12.4. The average molecular weight is 448 g/mol. The number of rotatable bonds is 10. The monoisotopic (exact) mass is 447 g/mol. The van der Waals surface area contributed by atoms with E-state index in [-0.39, 0.29) is 5.91 Å². The number of amides is 1. The average Bonchev–Trinajstić information content (AvgIpc) is 2.82. The molecule has 3 aromatic carbocycles. The van der Waals surface area contributed by atoms with Gasteiger partial charge in [0.2, 0.25) is 5.91 Å². The molecule has 6 heteroatoms. The van der Waals surface area contributed by atoms with Crippen molar-refractivity contribution in [3.05, 3.63) is 77.9 Å². The summed E-state index contributed by atoms with van der Waals surface area (Å²) in [6.07, 6.45) is 1.58. The number of likely N-dealkylation sites (N-methyl/N-ethyl adjacent to an activating group) is 1. The number of aliphatic carboxylic acids is 1. The first kappa shape index (κ1) is 23.9. The Kier molecular flexibility index (Phi) is 8.08. The normalized spacial score (nSPS) is 11.3. The van der Waals surface area contributed by atoms with E-state index in [4.69, 9.17) is 14.6 Å². The van der Waals surface area contributed by atoms with Crippen LogP contribution < -0.4 is 9.47 Å². The number of benzene rings is 3. The molecular weight excluding hydrogens is 418 g/mol. The minimum Gasteiger partial charge on any atom is -0.485 e. The lowest BCUT2D eigenvalue weighted by molar-refractivity contribution is -0.139. The quantitative estimate of drug-likeness (QED) is 0.435. The topological polar surface area (TPSA) is 76.1 Å². The summed E-state index contributed by atoms with van der Waals surface area (Å²) in [5, 5.41) is 11.3. The van der Waals surface area contributed by atoms with Crippen molar-refractivity contribution in [1.29, 1.82) is 0 Å². The second-order valence-corrected chi connectivity index (χ2v) is 7.65. The highest BCUT2D eigenvalue weighted by atomic mass is 16.5. The van der Waals surface area contributed by atoms with E-state index in [2.05, 4.69) is 12.1 Å². The molecule has 0 spiro atoms. The highest BCUT2D eigenvalue weighted by Gasteiger charge is 2.12. The summed E-state index contributed by atoms with van der Waals surface area (Å²) in [7, 11) is 0. The van der Waals surface area contributed by atoms with Gasteiger partial charge in [0, 0.05) is 19.2 Å². The Morgan fingerprint density at radius 2 is 1.64 bits per heavy atom. The van der Waals surface area contributed by atoms with Crippen molar-refractivity contribution >= 4 is 28.2 Å². The molecule has 0 aromatic heterocycles. The molecule has 0 heterocycles. The first-order valence-corrected chi connectivity index (χ1v) is 11.0. The van der Waals surface area contributed by atoms with Crippen LogP contribution in [0, 0.1) is 0 Å². The van der Waals surface area contributed by atoms with Crippen LogP contribution in [0.2, 0.25) is 0 Å². The molecule has 0 unspecified atom stereocenters. The number of hydrogen-bond donors (Lipinski definition) is 1. The Labute approximate surface area is 194 Å². The summed E-state index contributed by atoms with van der Waals surface area (Å²) in [5.74, 6) is -0.387. The van der Waals surface area contributed by atoms with Crippen molar-refractivity contribution in [1.82, 2.24) is 4.90 Å². The van der Waals surface area contributed by atoms with Crippen molar-refractivity contribution in [2.45, 2.75) is 27.4 Å². The molecule has 1 amide bonds. The molecule has 6 nitrogen and oxygen atoms in total. The molecule has 0 saturated heterocycles. The molecule has 0 saturated carbocycles. The number of hydrogen-bond acceptors (Lipinski definition) is 4. The van der Waals surface area contributed by atoms with Crippen molar-refractivity contribution in [3.8, 4) is 11.5 Å². The SMILES string of the molecule is CCN(CC)C(=O)/C=C(\C)c1ccc(OCc2ccc3ccccc3c2)c(OCC(=O)O)c1. The second kappa shape index (κ2) is 11.2. The highest BCUT2D eigenvalue weighted by Crippen LogP contribution is 2.32. The van der Waals surface area contributed by atoms with E-state index in [1.807, 2.05) is 57.2 Å². The zero-order chi connectivity index (χ0) is 23.8. The Bertz CT molecular complexity index is 1160. The fraction of sp³-hybridized carbons (Fsp3) is 0.259. The Balaban J connectivity index is 1.82. The number of carbonyl (C=O) groups is 2. The van der Waals surface area contributed by atoms with Crippen LogP contribution in [0.15, 0.2) is 66.7 Å². The molecule has 0 aliphatic rings. The molecule has 3 aromatic rings. The maximum Gasteiger partial charge on any atom is 0.341 e. The molecule has 33 heavy (non-hydrogen) atoms. The lowest BCUT2D eigenvalue weighted by Gasteiger charge is -2.17. The minimum absolute atomic E-state index is 0.0675. The second-order valence-electron chi connectivity index (χ2n) is 7.65. The zero-order valence-electron chi connectivity index (χ0n) is 19.2. The summed E-state index contributed by atoms with van der Waals surface area (Å²) in [4.78, 5) is 25.2. The lowest BCUT2D eigenvalue weighted by Crippen LogP contribution is -2.28. The van der Waals surface area contributed by atoms with Crippen LogP contribution in [0.3, 0.4) is 0 Å². The fourth-order valence-corrected chi connectivity index (χ4v) is 3.51. The molecular formula is C27H29NO5. The van der Waals surface area contributed by atoms with Gasteiger partial charge in [0.15, 0.2) is 18.1 Å². The van der Waals surface area contributed by atoms with Crippen LogP contribution in [-0.2, 0) is 16.2 Å². The van der Waals surface area contributed by atoms with Crippen LogP contribution in [0.1, 0.15) is 31.9 Å². The molecule has 172 valence electrons. The number of carboxylic acid groups (broad SMARTS) is 1. The van der Waals surface area contributed by atoms with Gasteiger partial charge in [-0.15, -0.1) is 0 Å². The number of allylic oxidation sites excluding steroid dienone is 1. The molecule has 0 atom stereocenters. The van der Waals surface area contributed by atoms with Gasteiger partial charge in [0.25, 0.3) is 0 Å². The molecule has 0 bridgehead atoms. The van der Waals surface area contributed by atoms with Gasteiger partial charge in [0.1, 0.15) is 6.61 Å². The Morgan fingerprint density at radius 3 is 2.33 bits per heavy atom. The highest BCUT2D eigenvalue weighted by molar-refractivity contribution is 5.95. The smallest absolute Gasteiger partial charge is 0.341 e. The Hall–Kier alpha value is -3.80. The first-order chi connectivity index (χ1) is 15.9.